The first-order chi connectivity index (χ1) is 10.7. The van der Waals surface area contributed by atoms with Crippen molar-refractivity contribution in [3.8, 4) is 0 Å². The van der Waals surface area contributed by atoms with Crippen LogP contribution in [0.2, 0.25) is 0 Å². The number of aliphatic carboxylic acids is 1. The second kappa shape index (κ2) is 6.92. The van der Waals surface area contributed by atoms with Crippen molar-refractivity contribution in [1.29, 1.82) is 0 Å². The molecule has 0 saturated carbocycles. The first kappa shape index (κ1) is 15.7. The molecule has 3 fully saturated rings. The predicted octanol–water partition coefficient (Wildman–Crippen LogP) is 2.34. The molecule has 2 bridgehead atoms. The first-order valence-electron chi connectivity index (χ1n) is 8.33. The smallest absolute Gasteiger partial charge is 0.303 e. The molecule has 3 aliphatic heterocycles. The Balaban J connectivity index is 1.46. The van der Waals surface area contributed by atoms with Crippen molar-refractivity contribution >= 4 is 12.3 Å². The number of aldehydes is 1. The van der Waals surface area contributed by atoms with Crippen LogP contribution in [0.3, 0.4) is 0 Å². The molecule has 0 aromatic rings. The fourth-order valence-corrected chi connectivity index (χ4v) is 4.04. The molecular weight excluding hydrogens is 284 g/mol. The van der Waals surface area contributed by atoms with E-state index in [-0.39, 0.29) is 18.6 Å². The van der Waals surface area contributed by atoms with E-state index in [1.165, 1.54) is 0 Å². The summed E-state index contributed by atoms with van der Waals surface area (Å²) < 4.78 is 11.8. The van der Waals surface area contributed by atoms with Crippen LogP contribution in [0, 0.1) is 11.8 Å². The lowest BCUT2D eigenvalue weighted by atomic mass is 9.75. The van der Waals surface area contributed by atoms with Gasteiger partial charge in [-0.05, 0) is 43.9 Å². The summed E-state index contributed by atoms with van der Waals surface area (Å²) in [5.41, 5.74) is 0. The molecule has 0 aliphatic carbocycles. The maximum Gasteiger partial charge on any atom is 0.303 e. The summed E-state index contributed by atoms with van der Waals surface area (Å²) in [5, 5.41) is 8.61. The molecule has 0 aromatic heterocycles. The van der Waals surface area contributed by atoms with E-state index in [1.54, 1.807) is 0 Å². The van der Waals surface area contributed by atoms with Gasteiger partial charge in [-0.15, -0.1) is 0 Å². The summed E-state index contributed by atoms with van der Waals surface area (Å²) in [6.45, 7) is 0. The zero-order valence-electron chi connectivity index (χ0n) is 12.7. The number of carboxylic acid groups (broad SMARTS) is 1. The van der Waals surface area contributed by atoms with E-state index in [1.807, 2.05) is 0 Å². The number of hydrogen-bond donors (Lipinski definition) is 1. The highest BCUT2D eigenvalue weighted by molar-refractivity contribution is 5.66. The minimum atomic E-state index is -0.734. The Morgan fingerprint density at radius 1 is 0.955 bits per heavy atom. The Labute approximate surface area is 130 Å². The van der Waals surface area contributed by atoms with E-state index in [0.29, 0.717) is 36.9 Å². The number of carbonyl (C=O) groups is 2. The van der Waals surface area contributed by atoms with Gasteiger partial charge in [0.25, 0.3) is 0 Å². The van der Waals surface area contributed by atoms with Gasteiger partial charge in [-0.1, -0.05) is 12.2 Å². The van der Waals surface area contributed by atoms with E-state index in [2.05, 4.69) is 12.2 Å². The van der Waals surface area contributed by atoms with Crippen LogP contribution in [0.1, 0.15) is 44.9 Å². The normalized spacial score (nSPS) is 38.4. The highest BCUT2D eigenvalue weighted by Crippen LogP contribution is 2.56. The summed E-state index contributed by atoms with van der Waals surface area (Å²) in [6.07, 6.45) is 11.6. The largest absolute Gasteiger partial charge is 0.481 e. The third-order valence-electron chi connectivity index (χ3n) is 5.11. The maximum absolute atomic E-state index is 10.5. The molecule has 5 heteroatoms. The van der Waals surface area contributed by atoms with Crippen molar-refractivity contribution in [2.24, 2.45) is 11.8 Å². The van der Waals surface area contributed by atoms with E-state index < -0.39 is 5.97 Å². The Morgan fingerprint density at radius 2 is 1.68 bits per heavy atom. The fourth-order valence-electron chi connectivity index (χ4n) is 4.04. The van der Waals surface area contributed by atoms with Gasteiger partial charge < -0.3 is 19.4 Å². The van der Waals surface area contributed by atoms with Gasteiger partial charge in [-0.25, -0.2) is 0 Å². The Kier molecular flexibility index (Phi) is 4.93. The number of allylic oxidation sites excluding steroid dienone is 2. The molecule has 22 heavy (non-hydrogen) atoms. The van der Waals surface area contributed by atoms with Crippen LogP contribution in [0.4, 0.5) is 0 Å². The summed E-state index contributed by atoms with van der Waals surface area (Å²) >= 11 is 0. The van der Waals surface area contributed by atoms with E-state index in [4.69, 9.17) is 14.6 Å². The van der Waals surface area contributed by atoms with Crippen LogP contribution in [-0.2, 0) is 19.1 Å². The first-order valence-corrected chi connectivity index (χ1v) is 8.33. The van der Waals surface area contributed by atoms with Crippen molar-refractivity contribution in [2.75, 3.05) is 0 Å². The third-order valence-corrected chi connectivity index (χ3v) is 5.11. The van der Waals surface area contributed by atoms with Crippen molar-refractivity contribution in [1.82, 2.24) is 0 Å². The summed E-state index contributed by atoms with van der Waals surface area (Å²) in [6, 6.07) is 0. The quantitative estimate of drug-likeness (QED) is 0.290. The number of carbonyl (C=O) groups excluding carboxylic acids is 1. The predicted molar refractivity (Wildman–Crippen MR) is 79.5 cm³/mol. The molecule has 1 N–H and O–H groups in total. The van der Waals surface area contributed by atoms with Crippen LogP contribution < -0.4 is 0 Å². The van der Waals surface area contributed by atoms with Gasteiger partial charge >= 0.3 is 5.97 Å². The number of unbranched alkanes of at least 4 members (excludes halogenated alkanes) is 2. The molecule has 3 rings (SSSR count). The number of hydrogen-bond acceptors (Lipinski definition) is 4. The van der Waals surface area contributed by atoms with Crippen molar-refractivity contribution in [2.45, 2.75) is 69.4 Å². The van der Waals surface area contributed by atoms with Crippen LogP contribution >= 0.6 is 0 Å². The second-order valence-corrected chi connectivity index (χ2v) is 6.55. The maximum atomic E-state index is 10.5. The SMILES string of the molecule is O=CCCC[C@@H]1[C@H](C/C=C\CCCC(=O)O)[C@H]2O[C@@H]1[C@H]1O[C@H]12. The van der Waals surface area contributed by atoms with Crippen molar-refractivity contribution in [3.63, 3.8) is 0 Å². The van der Waals surface area contributed by atoms with E-state index in [9.17, 15) is 9.59 Å². The highest BCUT2D eigenvalue weighted by atomic mass is 16.7. The van der Waals surface area contributed by atoms with Gasteiger partial charge in [0.15, 0.2) is 0 Å². The monoisotopic (exact) mass is 308 g/mol. The molecule has 0 unspecified atom stereocenters. The molecule has 6 atom stereocenters. The molecule has 0 aromatic carbocycles. The third kappa shape index (κ3) is 3.25. The average molecular weight is 308 g/mol. The van der Waals surface area contributed by atoms with Gasteiger partial charge in [0.1, 0.15) is 18.5 Å². The lowest BCUT2D eigenvalue weighted by Gasteiger charge is -2.24. The lowest BCUT2D eigenvalue weighted by Crippen LogP contribution is -2.32. The molecule has 0 amide bonds. The van der Waals surface area contributed by atoms with Crippen molar-refractivity contribution in [3.05, 3.63) is 12.2 Å². The lowest BCUT2D eigenvalue weighted by molar-refractivity contribution is -0.137. The molecule has 122 valence electrons. The van der Waals surface area contributed by atoms with E-state index in [0.717, 1.165) is 32.0 Å². The summed E-state index contributed by atoms with van der Waals surface area (Å²) in [7, 11) is 0. The van der Waals surface area contributed by atoms with Crippen LogP contribution in [0.5, 0.6) is 0 Å². The topological polar surface area (TPSA) is 76.1 Å². The number of epoxide rings is 1. The second-order valence-electron chi connectivity index (χ2n) is 6.55. The van der Waals surface area contributed by atoms with Crippen LogP contribution in [0.15, 0.2) is 12.2 Å². The van der Waals surface area contributed by atoms with Crippen LogP contribution in [-0.4, -0.2) is 41.8 Å². The molecule has 3 heterocycles. The van der Waals surface area contributed by atoms with Gasteiger partial charge in [0.2, 0.25) is 0 Å². The number of rotatable bonds is 10. The number of fused-ring (bicyclic) bond motifs is 5. The molecule has 0 radical (unpaired) electrons. The Hall–Kier alpha value is -1.20. The van der Waals surface area contributed by atoms with Crippen LogP contribution in [0.25, 0.3) is 0 Å². The van der Waals surface area contributed by atoms with Gasteiger partial charge in [0, 0.05) is 12.8 Å². The minimum absolute atomic E-state index is 0.222. The van der Waals surface area contributed by atoms with Gasteiger partial charge in [-0.2, -0.15) is 0 Å². The summed E-state index contributed by atoms with van der Waals surface area (Å²) in [4.78, 5) is 21.0. The fraction of sp³-hybridized carbons (Fsp3) is 0.765. The van der Waals surface area contributed by atoms with Gasteiger partial charge in [-0.3, -0.25) is 4.79 Å². The zero-order valence-corrected chi connectivity index (χ0v) is 12.7. The summed E-state index contributed by atoms with van der Waals surface area (Å²) in [5.74, 6) is 0.246. The Morgan fingerprint density at radius 3 is 2.41 bits per heavy atom. The molecule has 0 spiro atoms. The zero-order chi connectivity index (χ0) is 15.5. The molecule has 3 aliphatic rings. The number of ether oxygens (including phenoxy) is 2. The minimum Gasteiger partial charge on any atom is -0.481 e. The number of carboxylic acids is 1. The van der Waals surface area contributed by atoms with Crippen molar-refractivity contribution < 1.29 is 24.2 Å². The molecular formula is C17H24O5. The Bertz CT molecular complexity index is 446. The van der Waals surface area contributed by atoms with E-state index >= 15 is 0 Å². The highest BCUT2D eigenvalue weighted by Gasteiger charge is 2.68. The molecule has 3 saturated heterocycles. The average Bonchev–Trinajstić information content (AvgIpc) is 3.12. The molecule has 5 nitrogen and oxygen atoms in total. The standard InChI is InChI=1S/C17H24O5/c18-10-6-5-8-12-11(7-3-1-2-4-9-13(19)20)14-16-17(22-16)15(12)21-14/h1,3,10-12,14-17H,2,4-9H2,(H,19,20)/b3-1-/t11-,12+,14+,15-,16-,17+/m0/s1. The van der Waals surface area contributed by atoms with Gasteiger partial charge in [0.05, 0.1) is 12.2 Å².